The molecule has 1 amide bonds. The average molecular weight is 260 g/mol. The number of hydrogen-bond donors (Lipinski definition) is 1. The first-order valence-corrected chi connectivity index (χ1v) is 7.08. The van der Waals surface area contributed by atoms with Crippen molar-refractivity contribution in [2.45, 2.75) is 45.6 Å². The second-order valence-electron chi connectivity index (χ2n) is 5.78. The zero-order valence-electron chi connectivity index (χ0n) is 12.1. The largest absolute Gasteiger partial charge is 0.327 e. The molecule has 0 unspecified atom stereocenters. The van der Waals surface area contributed by atoms with Crippen molar-refractivity contribution in [2.24, 2.45) is 11.7 Å². The van der Waals surface area contributed by atoms with E-state index in [1.165, 1.54) is 11.1 Å². The highest BCUT2D eigenvalue weighted by Crippen LogP contribution is 2.28. The Morgan fingerprint density at radius 2 is 2.05 bits per heavy atom. The molecular formula is C16H24N2O. The van der Waals surface area contributed by atoms with Gasteiger partial charge in [0.1, 0.15) is 0 Å². The van der Waals surface area contributed by atoms with E-state index in [2.05, 4.69) is 26.0 Å². The second kappa shape index (κ2) is 5.74. The van der Waals surface area contributed by atoms with E-state index in [0.29, 0.717) is 12.3 Å². The summed E-state index contributed by atoms with van der Waals surface area (Å²) >= 11 is 0. The molecule has 1 saturated carbocycles. The lowest BCUT2D eigenvalue weighted by Gasteiger charge is -2.22. The number of nitrogens with two attached hydrogens (primary N) is 1. The van der Waals surface area contributed by atoms with Crippen molar-refractivity contribution in [3.63, 3.8) is 0 Å². The fourth-order valence-corrected chi connectivity index (χ4v) is 2.76. The van der Waals surface area contributed by atoms with Gasteiger partial charge in [-0.1, -0.05) is 12.5 Å². The highest BCUT2D eigenvalue weighted by atomic mass is 16.2. The lowest BCUT2D eigenvalue weighted by molar-refractivity contribution is -0.119. The molecule has 3 heteroatoms. The van der Waals surface area contributed by atoms with Crippen molar-refractivity contribution in [2.75, 3.05) is 11.9 Å². The summed E-state index contributed by atoms with van der Waals surface area (Å²) in [5.41, 5.74) is 9.48. The molecule has 1 aromatic rings. The van der Waals surface area contributed by atoms with E-state index >= 15 is 0 Å². The van der Waals surface area contributed by atoms with Gasteiger partial charge in [-0.2, -0.15) is 0 Å². The molecule has 2 N–H and O–H groups in total. The van der Waals surface area contributed by atoms with Crippen LogP contribution >= 0.6 is 0 Å². The van der Waals surface area contributed by atoms with Crippen LogP contribution in [0, 0.1) is 19.8 Å². The maximum atomic E-state index is 12.3. The summed E-state index contributed by atoms with van der Waals surface area (Å²) in [6.45, 7) is 4.16. The van der Waals surface area contributed by atoms with Crippen molar-refractivity contribution < 1.29 is 4.79 Å². The van der Waals surface area contributed by atoms with Crippen LogP contribution in [0.1, 0.15) is 36.8 Å². The monoisotopic (exact) mass is 260 g/mol. The van der Waals surface area contributed by atoms with Crippen LogP contribution in [-0.4, -0.2) is 19.0 Å². The molecule has 0 bridgehead atoms. The maximum Gasteiger partial charge on any atom is 0.227 e. The Morgan fingerprint density at radius 1 is 1.32 bits per heavy atom. The third-order valence-electron chi connectivity index (χ3n) is 4.41. The Labute approximate surface area is 115 Å². The topological polar surface area (TPSA) is 46.3 Å². The number of anilines is 1. The Kier molecular flexibility index (Phi) is 4.25. The number of aryl methyl sites for hydroxylation is 2. The molecule has 1 aliphatic rings. The Morgan fingerprint density at radius 3 is 2.63 bits per heavy atom. The molecule has 2 atom stereocenters. The summed E-state index contributed by atoms with van der Waals surface area (Å²) in [6, 6.07) is 6.35. The minimum absolute atomic E-state index is 0.172. The van der Waals surface area contributed by atoms with Gasteiger partial charge in [0.05, 0.1) is 0 Å². The number of carbonyl (C=O) groups is 1. The molecule has 104 valence electrons. The molecule has 2 rings (SSSR count). The van der Waals surface area contributed by atoms with Crippen LogP contribution in [0.5, 0.6) is 0 Å². The van der Waals surface area contributed by atoms with Gasteiger partial charge in [-0.3, -0.25) is 4.79 Å². The first-order valence-electron chi connectivity index (χ1n) is 7.08. The van der Waals surface area contributed by atoms with Crippen molar-refractivity contribution >= 4 is 11.6 Å². The highest BCUT2D eigenvalue weighted by molar-refractivity contribution is 5.93. The third-order valence-corrected chi connectivity index (χ3v) is 4.41. The highest BCUT2D eigenvalue weighted by Gasteiger charge is 2.27. The van der Waals surface area contributed by atoms with Crippen LogP contribution < -0.4 is 10.6 Å². The van der Waals surface area contributed by atoms with E-state index in [1.807, 2.05) is 13.1 Å². The van der Waals surface area contributed by atoms with Crippen molar-refractivity contribution in [1.29, 1.82) is 0 Å². The van der Waals surface area contributed by atoms with E-state index in [-0.39, 0.29) is 11.9 Å². The van der Waals surface area contributed by atoms with E-state index in [9.17, 15) is 4.79 Å². The fourth-order valence-electron chi connectivity index (χ4n) is 2.76. The smallest absolute Gasteiger partial charge is 0.227 e. The summed E-state index contributed by atoms with van der Waals surface area (Å²) in [4.78, 5) is 14.1. The van der Waals surface area contributed by atoms with E-state index in [1.54, 1.807) is 4.90 Å². The van der Waals surface area contributed by atoms with Gasteiger partial charge in [0.25, 0.3) is 0 Å². The van der Waals surface area contributed by atoms with Gasteiger partial charge in [0.2, 0.25) is 5.91 Å². The van der Waals surface area contributed by atoms with Gasteiger partial charge in [0.15, 0.2) is 0 Å². The van der Waals surface area contributed by atoms with Crippen LogP contribution in [0.4, 0.5) is 5.69 Å². The van der Waals surface area contributed by atoms with E-state index in [4.69, 9.17) is 5.73 Å². The molecule has 1 aromatic carbocycles. The molecule has 3 nitrogen and oxygen atoms in total. The van der Waals surface area contributed by atoms with E-state index < -0.39 is 0 Å². The molecule has 0 radical (unpaired) electrons. The number of carbonyl (C=O) groups excluding carboxylic acids is 1. The minimum Gasteiger partial charge on any atom is -0.327 e. The van der Waals surface area contributed by atoms with Crippen molar-refractivity contribution in [3.8, 4) is 0 Å². The van der Waals surface area contributed by atoms with Gasteiger partial charge < -0.3 is 10.6 Å². The average Bonchev–Trinajstić information content (AvgIpc) is 2.77. The number of rotatable bonds is 3. The van der Waals surface area contributed by atoms with E-state index in [0.717, 1.165) is 24.9 Å². The third kappa shape index (κ3) is 3.16. The lowest BCUT2D eigenvalue weighted by atomic mass is 9.99. The summed E-state index contributed by atoms with van der Waals surface area (Å²) in [7, 11) is 1.85. The molecule has 0 saturated heterocycles. The zero-order chi connectivity index (χ0) is 14.0. The Bertz CT molecular complexity index is 470. The minimum atomic E-state index is 0.172. The molecule has 1 fully saturated rings. The fraction of sp³-hybridized carbons (Fsp3) is 0.562. The molecule has 0 heterocycles. The molecule has 0 spiro atoms. The van der Waals surface area contributed by atoms with Crippen LogP contribution in [-0.2, 0) is 4.79 Å². The predicted molar refractivity (Wildman–Crippen MR) is 79.3 cm³/mol. The predicted octanol–water partition coefficient (Wildman–Crippen LogP) is 2.78. The summed E-state index contributed by atoms with van der Waals surface area (Å²) in [5.74, 6) is 0.534. The second-order valence-corrected chi connectivity index (χ2v) is 5.78. The number of nitrogens with zero attached hydrogens (tertiary/aromatic N) is 1. The lowest BCUT2D eigenvalue weighted by Crippen LogP contribution is -2.33. The normalized spacial score (nSPS) is 22.5. The Hall–Kier alpha value is -1.35. The van der Waals surface area contributed by atoms with Gasteiger partial charge in [0, 0.05) is 25.2 Å². The van der Waals surface area contributed by atoms with Crippen LogP contribution in [0.3, 0.4) is 0 Å². The number of hydrogen-bond acceptors (Lipinski definition) is 2. The molecule has 1 aliphatic carbocycles. The maximum absolute atomic E-state index is 12.3. The molecular weight excluding hydrogens is 236 g/mol. The van der Waals surface area contributed by atoms with Gasteiger partial charge in [-0.15, -0.1) is 0 Å². The molecule has 0 aromatic heterocycles. The van der Waals surface area contributed by atoms with Crippen molar-refractivity contribution in [1.82, 2.24) is 0 Å². The first-order chi connectivity index (χ1) is 8.99. The van der Waals surface area contributed by atoms with Crippen LogP contribution in [0.15, 0.2) is 18.2 Å². The number of benzene rings is 1. The summed E-state index contributed by atoms with van der Waals surface area (Å²) in [6.07, 6.45) is 3.88. The molecule has 0 aliphatic heterocycles. The molecule has 19 heavy (non-hydrogen) atoms. The zero-order valence-corrected chi connectivity index (χ0v) is 12.1. The Balaban J connectivity index is 2.03. The quantitative estimate of drug-likeness (QED) is 0.908. The number of amides is 1. The van der Waals surface area contributed by atoms with Crippen LogP contribution in [0.2, 0.25) is 0 Å². The summed E-state index contributed by atoms with van der Waals surface area (Å²) in [5, 5.41) is 0. The van der Waals surface area contributed by atoms with Gasteiger partial charge in [-0.05, 0) is 55.9 Å². The first kappa shape index (κ1) is 14.1. The van der Waals surface area contributed by atoms with Crippen LogP contribution in [0.25, 0.3) is 0 Å². The standard InChI is InChI=1S/C16H24N2O/c1-11-7-8-14(9-12(11)2)18(3)16(19)10-13-5-4-6-15(13)17/h7-9,13,15H,4-6,10,17H2,1-3H3/t13-,15+/m0/s1. The summed E-state index contributed by atoms with van der Waals surface area (Å²) < 4.78 is 0. The SMILES string of the molecule is Cc1ccc(N(C)C(=O)C[C@@H]2CCC[C@H]2N)cc1C. The van der Waals surface area contributed by atoms with Crippen molar-refractivity contribution in [3.05, 3.63) is 29.3 Å². The van der Waals surface area contributed by atoms with Gasteiger partial charge >= 0.3 is 0 Å². The van der Waals surface area contributed by atoms with Gasteiger partial charge in [-0.25, -0.2) is 0 Å².